The second-order valence-corrected chi connectivity index (χ2v) is 12.9. The summed E-state index contributed by atoms with van der Waals surface area (Å²) in [6, 6.07) is -0.326. The smallest absolute Gasteiger partial charge is 0.282 e. The van der Waals surface area contributed by atoms with Crippen molar-refractivity contribution in [2.45, 2.75) is 90.3 Å². The lowest BCUT2D eigenvalue weighted by atomic mass is 9.85. The van der Waals surface area contributed by atoms with E-state index in [1.165, 1.54) is 0 Å². The van der Waals surface area contributed by atoms with Crippen LogP contribution in [0, 0.1) is 17.8 Å². The minimum absolute atomic E-state index is 0.00872. The molecule has 8 heteroatoms. The van der Waals surface area contributed by atoms with Crippen molar-refractivity contribution >= 4 is 16.1 Å². The second kappa shape index (κ2) is 9.88. The lowest BCUT2D eigenvalue weighted by Crippen LogP contribution is -2.58. The van der Waals surface area contributed by atoms with Gasteiger partial charge in [-0.05, 0) is 62.8 Å². The molecule has 3 aliphatic heterocycles. The molecule has 184 valence electrons. The molecule has 4 rings (SSSR count). The van der Waals surface area contributed by atoms with Gasteiger partial charge in [0, 0.05) is 45.3 Å². The molecule has 5 unspecified atom stereocenters. The molecule has 1 saturated carbocycles. The Hall–Kier alpha value is -0.700. The molecule has 0 spiro atoms. The van der Waals surface area contributed by atoms with Gasteiger partial charge in [-0.25, -0.2) is 0 Å². The van der Waals surface area contributed by atoms with Gasteiger partial charge in [-0.2, -0.15) is 17.0 Å². The van der Waals surface area contributed by atoms with Crippen LogP contribution in [0.1, 0.15) is 72.1 Å². The van der Waals surface area contributed by atoms with E-state index in [9.17, 15) is 13.2 Å². The first-order valence-electron chi connectivity index (χ1n) is 13.0. The van der Waals surface area contributed by atoms with Gasteiger partial charge in [-0.1, -0.05) is 33.6 Å². The first-order valence-corrected chi connectivity index (χ1v) is 14.4. The van der Waals surface area contributed by atoms with E-state index in [-0.39, 0.29) is 18.0 Å². The number of piperidine rings is 2. The fraction of sp³-hybridized carbons (Fsp3) is 0.958. The van der Waals surface area contributed by atoms with E-state index in [0.29, 0.717) is 37.3 Å². The molecule has 32 heavy (non-hydrogen) atoms. The monoisotopic (exact) mass is 468 g/mol. The molecule has 0 bridgehead atoms. The van der Waals surface area contributed by atoms with Gasteiger partial charge in [-0.15, -0.1) is 0 Å². The van der Waals surface area contributed by atoms with Gasteiger partial charge < -0.3 is 9.80 Å². The van der Waals surface area contributed by atoms with Crippen LogP contribution >= 0.6 is 0 Å². The normalized spacial score (nSPS) is 36.2. The van der Waals surface area contributed by atoms with Crippen molar-refractivity contribution in [1.82, 2.24) is 18.4 Å². The summed E-state index contributed by atoms with van der Waals surface area (Å²) in [5, 5.41) is 0. The molecule has 4 aliphatic rings. The molecule has 3 heterocycles. The van der Waals surface area contributed by atoms with E-state index in [2.05, 4.69) is 25.7 Å². The van der Waals surface area contributed by atoms with Crippen molar-refractivity contribution in [1.29, 1.82) is 0 Å². The largest absolute Gasteiger partial charge is 0.341 e. The summed E-state index contributed by atoms with van der Waals surface area (Å²) >= 11 is 0. The number of carbonyl (C=O) groups is 1. The third-order valence-corrected chi connectivity index (χ3v) is 10.7. The summed E-state index contributed by atoms with van der Waals surface area (Å²) in [6.07, 6.45) is 7.87. The quantitative estimate of drug-likeness (QED) is 0.622. The molecular formula is C24H44N4O3S. The summed E-state index contributed by atoms with van der Waals surface area (Å²) in [5.41, 5.74) is 0. The van der Waals surface area contributed by atoms with Crippen molar-refractivity contribution in [2.75, 3.05) is 39.8 Å². The van der Waals surface area contributed by atoms with E-state index in [0.717, 1.165) is 64.6 Å². The highest BCUT2D eigenvalue weighted by Gasteiger charge is 2.53. The topological polar surface area (TPSA) is 64.2 Å². The molecule has 3 saturated heterocycles. The summed E-state index contributed by atoms with van der Waals surface area (Å²) in [4.78, 5) is 18.1. The SMILES string of the molecule is CCN1CCC(N(C)C(=O)C2CC3CCCCC3N2S(=O)(=O)N2CC(C)CC(C)C2)CC1. The van der Waals surface area contributed by atoms with E-state index in [1.54, 1.807) is 8.61 Å². The van der Waals surface area contributed by atoms with Gasteiger partial charge >= 0.3 is 0 Å². The van der Waals surface area contributed by atoms with Crippen molar-refractivity contribution < 1.29 is 13.2 Å². The summed E-state index contributed by atoms with van der Waals surface area (Å²) in [6.45, 7) is 10.7. The fourth-order valence-electron chi connectivity index (χ4n) is 6.93. The fourth-order valence-corrected chi connectivity index (χ4v) is 9.20. The number of nitrogens with zero attached hydrogens (tertiary/aromatic N) is 4. The maximum absolute atomic E-state index is 14.0. The molecule has 0 aromatic rings. The number of amides is 1. The minimum Gasteiger partial charge on any atom is -0.341 e. The summed E-state index contributed by atoms with van der Waals surface area (Å²) in [7, 11) is -1.75. The molecule has 7 nitrogen and oxygen atoms in total. The first kappa shape index (κ1) is 24.4. The zero-order chi connectivity index (χ0) is 23.0. The highest BCUT2D eigenvalue weighted by atomic mass is 32.2. The lowest BCUT2D eigenvalue weighted by Gasteiger charge is -2.42. The maximum Gasteiger partial charge on any atom is 0.282 e. The highest BCUT2D eigenvalue weighted by Crippen LogP contribution is 2.43. The molecule has 0 radical (unpaired) electrons. The summed E-state index contributed by atoms with van der Waals surface area (Å²) < 4.78 is 31.4. The Labute approximate surface area is 195 Å². The number of carbonyl (C=O) groups excluding carboxylic acids is 1. The van der Waals surface area contributed by atoms with Crippen LogP contribution in [0.2, 0.25) is 0 Å². The molecule has 0 aromatic carbocycles. The van der Waals surface area contributed by atoms with E-state index in [1.807, 2.05) is 11.9 Å². The van der Waals surface area contributed by atoms with Gasteiger partial charge in [0.25, 0.3) is 10.2 Å². The van der Waals surface area contributed by atoms with Gasteiger partial charge in [-0.3, -0.25) is 4.79 Å². The van der Waals surface area contributed by atoms with Gasteiger partial charge in [0.1, 0.15) is 6.04 Å². The Bertz CT molecular complexity index is 757. The molecule has 4 fully saturated rings. The molecule has 1 amide bonds. The standard InChI is InChI=1S/C24H44N4O3S/c1-5-26-12-10-21(11-13-26)25(4)24(29)23-15-20-8-6-7-9-22(20)28(23)32(30,31)27-16-18(2)14-19(3)17-27/h18-23H,5-17H2,1-4H3. The Morgan fingerprint density at radius 3 is 2.22 bits per heavy atom. The molecular weight excluding hydrogens is 424 g/mol. The number of rotatable bonds is 5. The number of fused-ring (bicyclic) bond motifs is 1. The first-order chi connectivity index (χ1) is 15.2. The third-order valence-electron chi connectivity index (χ3n) is 8.64. The van der Waals surface area contributed by atoms with Crippen LogP contribution in [0.4, 0.5) is 0 Å². The van der Waals surface area contributed by atoms with Crippen LogP contribution in [0.5, 0.6) is 0 Å². The van der Waals surface area contributed by atoms with Crippen LogP contribution in [0.25, 0.3) is 0 Å². The molecule has 0 N–H and O–H groups in total. The number of likely N-dealkylation sites (N-methyl/N-ethyl adjacent to an activating group) is 1. The molecule has 5 atom stereocenters. The van der Waals surface area contributed by atoms with E-state index < -0.39 is 16.3 Å². The number of hydrogen-bond donors (Lipinski definition) is 0. The van der Waals surface area contributed by atoms with Gasteiger partial charge in [0.15, 0.2) is 0 Å². The average molecular weight is 469 g/mol. The van der Waals surface area contributed by atoms with E-state index in [4.69, 9.17) is 0 Å². The van der Waals surface area contributed by atoms with Crippen molar-refractivity contribution in [2.24, 2.45) is 17.8 Å². The minimum atomic E-state index is -3.66. The lowest BCUT2D eigenvalue weighted by molar-refractivity contribution is -0.136. The summed E-state index contributed by atoms with van der Waals surface area (Å²) in [5.74, 6) is 1.07. The zero-order valence-electron chi connectivity index (χ0n) is 20.6. The Kier molecular flexibility index (Phi) is 7.54. The highest BCUT2D eigenvalue weighted by molar-refractivity contribution is 7.86. The number of likely N-dealkylation sites (tertiary alicyclic amines) is 1. The van der Waals surface area contributed by atoms with Crippen LogP contribution in [0.15, 0.2) is 0 Å². The van der Waals surface area contributed by atoms with Gasteiger partial charge in [0.2, 0.25) is 5.91 Å². The third kappa shape index (κ3) is 4.75. The predicted octanol–water partition coefficient (Wildman–Crippen LogP) is 2.78. The Morgan fingerprint density at radius 1 is 0.969 bits per heavy atom. The Balaban J connectivity index is 1.56. The second-order valence-electron chi connectivity index (χ2n) is 11.1. The van der Waals surface area contributed by atoms with Crippen LogP contribution < -0.4 is 0 Å². The van der Waals surface area contributed by atoms with Crippen LogP contribution in [-0.2, 0) is 15.0 Å². The van der Waals surface area contributed by atoms with E-state index >= 15 is 0 Å². The predicted molar refractivity (Wildman–Crippen MR) is 127 cm³/mol. The molecule has 0 aromatic heterocycles. The maximum atomic E-state index is 14.0. The van der Waals surface area contributed by atoms with Crippen molar-refractivity contribution in [3.05, 3.63) is 0 Å². The molecule has 1 aliphatic carbocycles. The number of hydrogen-bond acceptors (Lipinski definition) is 4. The van der Waals surface area contributed by atoms with Crippen LogP contribution in [-0.4, -0.2) is 90.6 Å². The van der Waals surface area contributed by atoms with Crippen LogP contribution in [0.3, 0.4) is 0 Å². The zero-order valence-corrected chi connectivity index (χ0v) is 21.4. The van der Waals surface area contributed by atoms with Crippen molar-refractivity contribution in [3.8, 4) is 0 Å². The van der Waals surface area contributed by atoms with Crippen molar-refractivity contribution in [3.63, 3.8) is 0 Å². The van der Waals surface area contributed by atoms with Gasteiger partial charge in [0.05, 0.1) is 0 Å². The average Bonchev–Trinajstić information content (AvgIpc) is 3.18. The Morgan fingerprint density at radius 2 is 1.59 bits per heavy atom.